The van der Waals surface area contributed by atoms with Gasteiger partial charge in [-0.3, -0.25) is 0 Å². The molecule has 0 bridgehead atoms. The van der Waals surface area contributed by atoms with Crippen molar-refractivity contribution in [3.63, 3.8) is 0 Å². The molecule has 2 aliphatic carbocycles. The Bertz CT molecular complexity index is 202. The second-order valence-electron chi connectivity index (χ2n) is 6.70. The Labute approximate surface area is 114 Å². The summed E-state index contributed by atoms with van der Waals surface area (Å²) >= 11 is 0. The monoisotopic (exact) mass is 251 g/mol. The van der Waals surface area contributed by atoms with Crippen LogP contribution in [0.25, 0.3) is 0 Å². The highest BCUT2D eigenvalue weighted by Crippen LogP contribution is 2.34. The largest absolute Gasteiger partial charge is 0.314 e. The van der Waals surface area contributed by atoms with Crippen molar-refractivity contribution in [2.24, 2.45) is 11.8 Å². The molecule has 106 valence electrons. The highest BCUT2D eigenvalue weighted by molar-refractivity contribution is 4.83. The second kappa shape index (κ2) is 8.19. The molecule has 0 heterocycles. The minimum absolute atomic E-state index is 0.841. The van der Waals surface area contributed by atoms with Crippen molar-refractivity contribution in [3.05, 3.63) is 0 Å². The third kappa shape index (κ3) is 4.57. The summed E-state index contributed by atoms with van der Waals surface area (Å²) in [6.45, 7) is 3.53. The smallest absolute Gasteiger partial charge is 0.00979 e. The number of rotatable bonds is 6. The van der Waals surface area contributed by atoms with Gasteiger partial charge in [0.05, 0.1) is 0 Å². The van der Waals surface area contributed by atoms with Crippen molar-refractivity contribution in [1.82, 2.24) is 5.32 Å². The predicted octanol–water partition coefficient (Wildman–Crippen LogP) is 4.91. The van der Waals surface area contributed by atoms with Gasteiger partial charge in [0.15, 0.2) is 0 Å². The lowest BCUT2D eigenvalue weighted by molar-refractivity contribution is 0.201. The molecule has 0 radical (unpaired) electrons. The summed E-state index contributed by atoms with van der Waals surface area (Å²) in [5, 5.41) is 3.89. The standard InChI is InChI=1S/C17H33N/c1-2-13-18-17(14-15-9-8-10-15)16-11-6-4-3-5-7-12-16/h15-18H,2-14H2,1H3. The first-order valence-electron chi connectivity index (χ1n) is 8.63. The molecule has 0 spiro atoms. The fourth-order valence-electron chi connectivity index (χ4n) is 3.75. The topological polar surface area (TPSA) is 12.0 Å². The van der Waals surface area contributed by atoms with E-state index >= 15 is 0 Å². The Morgan fingerprint density at radius 2 is 1.56 bits per heavy atom. The lowest BCUT2D eigenvalue weighted by atomic mass is 9.75. The van der Waals surface area contributed by atoms with E-state index in [4.69, 9.17) is 0 Å². The molecule has 0 aromatic carbocycles. The molecule has 0 aromatic heterocycles. The summed E-state index contributed by atoms with van der Waals surface area (Å²) in [4.78, 5) is 0. The van der Waals surface area contributed by atoms with Crippen LogP contribution in [0.2, 0.25) is 0 Å². The van der Waals surface area contributed by atoms with Gasteiger partial charge < -0.3 is 5.32 Å². The van der Waals surface area contributed by atoms with E-state index in [1.165, 1.54) is 83.6 Å². The first-order valence-corrected chi connectivity index (χ1v) is 8.63. The molecule has 2 fully saturated rings. The zero-order valence-corrected chi connectivity index (χ0v) is 12.4. The van der Waals surface area contributed by atoms with Gasteiger partial charge in [0.25, 0.3) is 0 Å². The van der Waals surface area contributed by atoms with Crippen LogP contribution in [0.1, 0.15) is 84.0 Å². The molecule has 1 nitrogen and oxygen atoms in total. The van der Waals surface area contributed by atoms with Crippen LogP contribution in [0, 0.1) is 11.8 Å². The van der Waals surface area contributed by atoms with E-state index < -0.39 is 0 Å². The highest BCUT2D eigenvalue weighted by atomic mass is 14.9. The molecule has 1 N–H and O–H groups in total. The summed E-state index contributed by atoms with van der Waals surface area (Å²) in [5.74, 6) is 2.04. The van der Waals surface area contributed by atoms with E-state index in [0.29, 0.717) is 0 Å². The number of hydrogen-bond acceptors (Lipinski definition) is 1. The fraction of sp³-hybridized carbons (Fsp3) is 1.00. The average molecular weight is 251 g/mol. The molecular formula is C17H33N. The van der Waals surface area contributed by atoms with Crippen molar-refractivity contribution < 1.29 is 0 Å². The van der Waals surface area contributed by atoms with Crippen LogP contribution in [0.5, 0.6) is 0 Å². The Morgan fingerprint density at radius 3 is 2.11 bits per heavy atom. The summed E-state index contributed by atoms with van der Waals surface area (Å²) < 4.78 is 0. The average Bonchev–Trinajstić information content (AvgIpc) is 2.28. The quantitative estimate of drug-likeness (QED) is 0.707. The van der Waals surface area contributed by atoms with Gasteiger partial charge in [-0.25, -0.2) is 0 Å². The summed E-state index contributed by atoms with van der Waals surface area (Å²) in [7, 11) is 0. The zero-order valence-electron chi connectivity index (χ0n) is 12.4. The Hall–Kier alpha value is -0.0400. The molecule has 1 unspecified atom stereocenters. The van der Waals surface area contributed by atoms with Crippen molar-refractivity contribution >= 4 is 0 Å². The van der Waals surface area contributed by atoms with Crippen molar-refractivity contribution in [1.29, 1.82) is 0 Å². The lowest BCUT2D eigenvalue weighted by Crippen LogP contribution is -2.39. The van der Waals surface area contributed by atoms with Crippen LogP contribution in [0.3, 0.4) is 0 Å². The number of nitrogens with one attached hydrogen (secondary N) is 1. The summed E-state index contributed by atoms with van der Waals surface area (Å²) in [6.07, 6.45) is 17.7. The second-order valence-corrected chi connectivity index (χ2v) is 6.70. The first-order chi connectivity index (χ1) is 8.90. The van der Waals surface area contributed by atoms with Gasteiger partial charge in [-0.15, -0.1) is 0 Å². The van der Waals surface area contributed by atoms with Gasteiger partial charge in [-0.1, -0.05) is 58.3 Å². The summed E-state index contributed by atoms with van der Waals surface area (Å²) in [5.41, 5.74) is 0. The fourth-order valence-corrected chi connectivity index (χ4v) is 3.75. The maximum absolute atomic E-state index is 3.89. The van der Waals surface area contributed by atoms with E-state index in [9.17, 15) is 0 Å². The Balaban J connectivity index is 1.82. The van der Waals surface area contributed by atoms with Gasteiger partial charge in [-0.2, -0.15) is 0 Å². The van der Waals surface area contributed by atoms with Gasteiger partial charge >= 0.3 is 0 Å². The van der Waals surface area contributed by atoms with Crippen LogP contribution < -0.4 is 5.32 Å². The maximum atomic E-state index is 3.89. The molecule has 2 aliphatic rings. The molecule has 2 saturated carbocycles. The van der Waals surface area contributed by atoms with Crippen LogP contribution in [-0.2, 0) is 0 Å². The van der Waals surface area contributed by atoms with Gasteiger partial charge in [-0.05, 0) is 44.1 Å². The van der Waals surface area contributed by atoms with Crippen LogP contribution >= 0.6 is 0 Å². The normalized spacial score (nSPS) is 25.2. The maximum Gasteiger partial charge on any atom is 0.00979 e. The van der Waals surface area contributed by atoms with Crippen LogP contribution in [0.4, 0.5) is 0 Å². The molecule has 0 aromatic rings. The van der Waals surface area contributed by atoms with Crippen LogP contribution in [-0.4, -0.2) is 12.6 Å². The lowest BCUT2D eigenvalue weighted by Gasteiger charge is -2.35. The molecule has 0 aliphatic heterocycles. The van der Waals surface area contributed by atoms with Crippen molar-refractivity contribution in [2.45, 2.75) is 90.0 Å². The number of hydrogen-bond donors (Lipinski definition) is 1. The van der Waals surface area contributed by atoms with E-state index in [-0.39, 0.29) is 0 Å². The van der Waals surface area contributed by atoms with Gasteiger partial charge in [0.1, 0.15) is 0 Å². The van der Waals surface area contributed by atoms with Crippen molar-refractivity contribution in [3.8, 4) is 0 Å². The summed E-state index contributed by atoms with van der Waals surface area (Å²) in [6, 6.07) is 0.841. The first kappa shape index (κ1) is 14.4. The molecule has 0 saturated heterocycles. The minimum atomic E-state index is 0.841. The third-order valence-electron chi connectivity index (χ3n) is 5.19. The van der Waals surface area contributed by atoms with Crippen LogP contribution in [0.15, 0.2) is 0 Å². The SMILES string of the molecule is CCCNC(CC1CCC1)C1CCCCCCC1. The van der Waals surface area contributed by atoms with E-state index in [1.54, 1.807) is 0 Å². The van der Waals surface area contributed by atoms with E-state index in [2.05, 4.69) is 12.2 Å². The zero-order chi connectivity index (χ0) is 12.6. The molecule has 1 atom stereocenters. The molecule has 1 heteroatoms. The Kier molecular flexibility index (Phi) is 6.54. The van der Waals surface area contributed by atoms with Crippen molar-refractivity contribution in [2.75, 3.05) is 6.54 Å². The third-order valence-corrected chi connectivity index (χ3v) is 5.19. The van der Waals surface area contributed by atoms with Gasteiger partial charge in [0.2, 0.25) is 0 Å². The van der Waals surface area contributed by atoms with Gasteiger partial charge in [0, 0.05) is 6.04 Å². The van der Waals surface area contributed by atoms with E-state index in [0.717, 1.165) is 17.9 Å². The molecular weight excluding hydrogens is 218 g/mol. The van der Waals surface area contributed by atoms with E-state index in [1.807, 2.05) is 0 Å². The molecule has 0 amide bonds. The predicted molar refractivity (Wildman–Crippen MR) is 79.8 cm³/mol. The molecule has 18 heavy (non-hydrogen) atoms. The highest BCUT2D eigenvalue weighted by Gasteiger charge is 2.27. The Morgan fingerprint density at radius 1 is 0.889 bits per heavy atom. The molecule has 2 rings (SSSR count). The minimum Gasteiger partial charge on any atom is -0.314 e.